The van der Waals surface area contributed by atoms with Crippen LogP contribution in [0, 0.1) is 18.7 Å². The summed E-state index contributed by atoms with van der Waals surface area (Å²) in [7, 11) is 0. The van der Waals surface area contributed by atoms with Crippen molar-refractivity contribution in [3.8, 4) is 11.5 Å². The molecule has 0 radical (unpaired) electrons. The van der Waals surface area contributed by atoms with Crippen LogP contribution in [-0.2, 0) is 0 Å². The molecule has 0 saturated heterocycles. The van der Waals surface area contributed by atoms with Crippen LogP contribution in [0.25, 0.3) is 0 Å². The van der Waals surface area contributed by atoms with Gasteiger partial charge in [0.2, 0.25) is 0 Å². The SMILES string of the molecule is Cc1cc(NC(=O)c2cccc(F)c2)sc1C(=O)NC(c1ccc2c(c1)OCCO2)C(C)C. The first-order valence-corrected chi connectivity index (χ1v) is 11.5. The Morgan fingerprint density at radius 1 is 1.00 bits per heavy atom. The van der Waals surface area contributed by atoms with Crippen LogP contribution in [0.4, 0.5) is 9.39 Å². The predicted octanol–water partition coefficient (Wildman–Crippen LogP) is 5.35. The molecular weight excluding hydrogens is 443 g/mol. The first kappa shape index (κ1) is 22.8. The Morgan fingerprint density at radius 2 is 1.76 bits per heavy atom. The number of fused-ring (bicyclic) bond motifs is 1. The van der Waals surface area contributed by atoms with Crippen molar-refractivity contribution >= 4 is 28.2 Å². The van der Waals surface area contributed by atoms with Gasteiger partial charge in [-0.05, 0) is 60.4 Å². The summed E-state index contributed by atoms with van der Waals surface area (Å²) in [5.74, 6) is 0.365. The molecule has 1 atom stereocenters. The van der Waals surface area contributed by atoms with E-state index in [2.05, 4.69) is 10.6 Å². The summed E-state index contributed by atoms with van der Waals surface area (Å²) in [6.45, 7) is 6.90. The number of amides is 2. The average Bonchev–Trinajstić information content (AvgIpc) is 3.16. The number of hydrogen-bond acceptors (Lipinski definition) is 5. The molecule has 1 aliphatic heterocycles. The third-order valence-electron chi connectivity index (χ3n) is 5.33. The molecule has 3 aromatic rings. The van der Waals surface area contributed by atoms with Crippen LogP contribution in [0.5, 0.6) is 11.5 Å². The fourth-order valence-electron chi connectivity index (χ4n) is 3.68. The maximum Gasteiger partial charge on any atom is 0.262 e. The minimum atomic E-state index is -0.482. The van der Waals surface area contributed by atoms with Gasteiger partial charge in [-0.3, -0.25) is 9.59 Å². The van der Waals surface area contributed by atoms with Gasteiger partial charge < -0.3 is 20.1 Å². The Kier molecular flexibility index (Phi) is 6.65. The summed E-state index contributed by atoms with van der Waals surface area (Å²) in [4.78, 5) is 26.1. The zero-order valence-corrected chi connectivity index (χ0v) is 19.4. The van der Waals surface area contributed by atoms with Crippen molar-refractivity contribution in [2.24, 2.45) is 5.92 Å². The quantitative estimate of drug-likeness (QED) is 0.512. The Bertz CT molecular complexity index is 1190. The van der Waals surface area contributed by atoms with Crippen molar-refractivity contribution in [1.29, 1.82) is 0 Å². The number of anilines is 1. The van der Waals surface area contributed by atoms with Gasteiger partial charge >= 0.3 is 0 Å². The van der Waals surface area contributed by atoms with E-state index in [1.54, 1.807) is 6.07 Å². The van der Waals surface area contributed by atoms with Crippen LogP contribution in [0.3, 0.4) is 0 Å². The predicted molar refractivity (Wildman–Crippen MR) is 126 cm³/mol. The molecule has 0 saturated carbocycles. The zero-order chi connectivity index (χ0) is 23.5. The number of halogens is 1. The first-order chi connectivity index (χ1) is 15.8. The minimum absolute atomic E-state index is 0.129. The molecule has 0 bridgehead atoms. The molecule has 6 nitrogen and oxygen atoms in total. The van der Waals surface area contributed by atoms with Crippen LogP contribution >= 0.6 is 11.3 Å². The minimum Gasteiger partial charge on any atom is -0.486 e. The van der Waals surface area contributed by atoms with Gasteiger partial charge in [0.1, 0.15) is 19.0 Å². The number of hydrogen-bond donors (Lipinski definition) is 2. The first-order valence-electron chi connectivity index (χ1n) is 10.7. The largest absolute Gasteiger partial charge is 0.486 e. The fraction of sp³-hybridized carbons (Fsp3) is 0.280. The summed E-state index contributed by atoms with van der Waals surface area (Å²) < 4.78 is 24.7. The van der Waals surface area contributed by atoms with Crippen molar-refractivity contribution in [3.63, 3.8) is 0 Å². The summed E-state index contributed by atoms with van der Waals surface area (Å²) >= 11 is 1.18. The van der Waals surface area contributed by atoms with Crippen LogP contribution in [-0.4, -0.2) is 25.0 Å². The van der Waals surface area contributed by atoms with Crippen molar-refractivity contribution in [3.05, 3.63) is 75.9 Å². The van der Waals surface area contributed by atoms with Gasteiger partial charge in [-0.1, -0.05) is 26.0 Å². The smallest absolute Gasteiger partial charge is 0.262 e. The molecule has 0 fully saturated rings. The molecule has 1 unspecified atom stereocenters. The van der Waals surface area contributed by atoms with Crippen LogP contribution < -0.4 is 20.1 Å². The van der Waals surface area contributed by atoms with Crippen molar-refractivity contribution in [1.82, 2.24) is 5.32 Å². The molecule has 2 N–H and O–H groups in total. The Labute approximate surface area is 195 Å². The average molecular weight is 469 g/mol. The summed E-state index contributed by atoms with van der Waals surface area (Å²) in [5.41, 5.74) is 1.89. The number of benzene rings is 2. The normalized spacial score (nSPS) is 13.5. The second-order valence-corrected chi connectivity index (χ2v) is 9.24. The van der Waals surface area contributed by atoms with E-state index in [0.717, 1.165) is 11.1 Å². The number of carbonyl (C=O) groups is 2. The molecule has 2 aromatic carbocycles. The van der Waals surface area contributed by atoms with Gasteiger partial charge in [-0.25, -0.2) is 4.39 Å². The Morgan fingerprint density at radius 3 is 2.48 bits per heavy atom. The molecule has 0 spiro atoms. The number of ether oxygens (including phenoxy) is 2. The van der Waals surface area contributed by atoms with Crippen molar-refractivity contribution in [2.45, 2.75) is 26.8 Å². The lowest BCUT2D eigenvalue weighted by molar-refractivity contribution is 0.0928. The van der Waals surface area contributed by atoms with Crippen LogP contribution in [0.2, 0.25) is 0 Å². The van der Waals surface area contributed by atoms with Crippen molar-refractivity contribution < 1.29 is 23.5 Å². The molecule has 4 rings (SSSR count). The molecule has 2 amide bonds. The highest BCUT2D eigenvalue weighted by Crippen LogP contribution is 2.35. The lowest BCUT2D eigenvalue weighted by atomic mass is 9.95. The van der Waals surface area contributed by atoms with Crippen LogP contribution in [0.1, 0.15) is 51.0 Å². The van der Waals surface area contributed by atoms with E-state index in [-0.39, 0.29) is 23.4 Å². The molecular formula is C25H25FN2O4S. The summed E-state index contributed by atoms with van der Waals surface area (Å²) in [5, 5.41) is 6.38. The molecule has 0 aliphatic carbocycles. The van der Waals surface area contributed by atoms with Gasteiger partial charge in [0, 0.05) is 5.56 Å². The second-order valence-electron chi connectivity index (χ2n) is 8.19. The number of nitrogens with one attached hydrogen (secondary N) is 2. The summed E-state index contributed by atoms with van der Waals surface area (Å²) in [6, 6.07) is 12.7. The molecule has 33 heavy (non-hydrogen) atoms. The van der Waals surface area contributed by atoms with E-state index >= 15 is 0 Å². The third kappa shape index (κ3) is 5.17. The highest BCUT2D eigenvalue weighted by molar-refractivity contribution is 7.18. The third-order valence-corrected chi connectivity index (χ3v) is 6.48. The van der Waals surface area contributed by atoms with Gasteiger partial charge in [-0.2, -0.15) is 0 Å². The van der Waals surface area contributed by atoms with Crippen molar-refractivity contribution in [2.75, 3.05) is 18.5 Å². The Hall–Kier alpha value is -3.39. The maximum absolute atomic E-state index is 13.4. The van der Waals surface area contributed by atoms with E-state index < -0.39 is 11.7 Å². The number of aryl methyl sites for hydroxylation is 1. The lowest BCUT2D eigenvalue weighted by Crippen LogP contribution is -2.31. The summed E-state index contributed by atoms with van der Waals surface area (Å²) in [6.07, 6.45) is 0. The van der Waals surface area contributed by atoms with E-state index in [9.17, 15) is 14.0 Å². The monoisotopic (exact) mass is 468 g/mol. The van der Waals surface area contributed by atoms with E-state index in [1.165, 1.54) is 35.6 Å². The number of carbonyl (C=O) groups excluding carboxylic acids is 2. The standard InChI is InChI=1S/C25H25FN2O4S/c1-14(2)22(16-7-8-19-20(13-16)32-10-9-31-19)28-25(30)23-15(3)11-21(33-23)27-24(29)17-5-4-6-18(26)12-17/h4-8,11-14,22H,9-10H2,1-3H3,(H,27,29)(H,28,30). The molecule has 1 aromatic heterocycles. The number of rotatable bonds is 6. The highest BCUT2D eigenvalue weighted by atomic mass is 32.1. The van der Waals surface area contributed by atoms with Gasteiger partial charge in [0.15, 0.2) is 11.5 Å². The van der Waals surface area contributed by atoms with Gasteiger partial charge in [0.05, 0.1) is 15.9 Å². The molecule has 8 heteroatoms. The second kappa shape index (κ2) is 9.62. The zero-order valence-electron chi connectivity index (χ0n) is 18.6. The number of thiophene rings is 1. The Balaban J connectivity index is 1.50. The topological polar surface area (TPSA) is 76.7 Å². The molecule has 172 valence electrons. The van der Waals surface area contributed by atoms with Crippen LogP contribution in [0.15, 0.2) is 48.5 Å². The molecule has 2 heterocycles. The van der Waals surface area contributed by atoms with E-state index in [0.29, 0.717) is 34.6 Å². The maximum atomic E-state index is 13.4. The molecule has 1 aliphatic rings. The van der Waals surface area contributed by atoms with Gasteiger partial charge in [-0.15, -0.1) is 11.3 Å². The van der Waals surface area contributed by atoms with E-state index in [4.69, 9.17) is 9.47 Å². The van der Waals surface area contributed by atoms with E-state index in [1.807, 2.05) is 39.0 Å². The fourth-order valence-corrected chi connectivity index (χ4v) is 4.65. The van der Waals surface area contributed by atoms with Gasteiger partial charge in [0.25, 0.3) is 11.8 Å². The highest BCUT2D eigenvalue weighted by Gasteiger charge is 2.24. The lowest BCUT2D eigenvalue weighted by Gasteiger charge is -2.25.